The summed E-state index contributed by atoms with van der Waals surface area (Å²) < 4.78 is 1.62. The van der Waals surface area contributed by atoms with Gasteiger partial charge in [-0.2, -0.15) is 16.9 Å². The number of hydrogen-bond acceptors (Lipinski definition) is 5. The summed E-state index contributed by atoms with van der Waals surface area (Å²) in [4.78, 5) is 13.5. The van der Waals surface area contributed by atoms with Crippen LogP contribution in [-0.4, -0.2) is 63.4 Å². The van der Waals surface area contributed by atoms with E-state index in [1.54, 1.807) is 11.7 Å². The highest BCUT2D eigenvalue weighted by Gasteiger charge is 2.14. The molecule has 19 heavy (non-hydrogen) atoms. The van der Waals surface area contributed by atoms with Crippen LogP contribution in [0.15, 0.2) is 6.20 Å². The fourth-order valence-electron chi connectivity index (χ4n) is 2.12. The van der Waals surface area contributed by atoms with Gasteiger partial charge in [0.25, 0.3) is 0 Å². The van der Waals surface area contributed by atoms with Crippen molar-refractivity contribution in [2.24, 2.45) is 7.05 Å². The molecule has 1 aromatic rings. The number of aromatic nitrogens is 2. The third kappa shape index (κ3) is 3.95. The molecular weight excluding hydrogens is 264 g/mol. The van der Waals surface area contributed by atoms with E-state index in [4.69, 9.17) is 5.11 Å². The second kappa shape index (κ2) is 6.93. The van der Waals surface area contributed by atoms with Gasteiger partial charge in [-0.1, -0.05) is 0 Å². The number of carboxylic acid groups (broad SMARTS) is 1. The second-order valence-electron chi connectivity index (χ2n) is 4.56. The number of thioether (sulfide) groups is 1. The molecule has 0 unspecified atom stereocenters. The molecule has 0 radical (unpaired) electrons. The Labute approximate surface area is 117 Å². The van der Waals surface area contributed by atoms with E-state index in [-0.39, 0.29) is 5.56 Å². The summed E-state index contributed by atoms with van der Waals surface area (Å²) >= 11 is 2.00. The van der Waals surface area contributed by atoms with Crippen LogP contribution in [0.5, 0.6) is 0 Å². The van der Waals surface area contributed by atoms with Crippen molar-refractivity contribution in [3.63, 3.8) is 0 Å². The van der Waals surface area contributed by atoms with Crippen LogP contribution in [0.4, 0.5) is 0 Å². The largest absolute Gasteiger partial charge is 0.478 e. The van der Waals surface area contributed by atoms with Crippen LogP contribution in [0, 0.1) is 0 Å². The molecule has 0 spiro atoms. The fourth-order valence-corrected chi connectivity index (χ4v) is 3.10. The lowest BCUT2D eigenvalue weighted by atomic mass is 10.2. The number of carboxylic acids is 1. The van der Waals surface area contributed by atoms with Gasteiger partial charge in [-0.25, -0.2) is 4.79 Å². The molecule has 0 atom stereocenters. The van der Waals surface area contributed by atoms with Crippen LogP contribution in [0.3, 0.4) is 0 Å². The van der Waals surface area contributed by atoms with E-state index < -0.39 is 5.97 Å². The van der Waals surface area contributed by atoms with Crippen molar-refractivity contribution in [3.05, 3.63) is 17.5 Å². The standard InChI is InChI=1S/C12H20N4O2S/c1-15-11(10(8-14-15)12(17)18)9-13-2-3-16-4-6-19-7-5-16/h8,13H,2-7,9H2,1H3,(H,17,18). The van der Waals surface area contributed by atoms with Crippen LogP contribution in [0.25, 0.3) is 0 Å². The SMILES string of the molecule is Cn1ncc(C(=O)O)c1CNCCN1CCSCC1. The maximum atomic E-state index is 11.0. The van der Waals surface area contributed by atoms with Crippen molar-refractivity contribution in [1.82, 2.24) is 20.0 Å². The fraction of sp³-hybridized carbons (Fsp3) is 0.667. The zero-order chi connectivity index (χ0) is 13.7. The molecule has 0 saturated carbocycles. The van der Waals surface area contributed by atoms with E-state index in [2.05, 4.69) is 15.3 Å². The van der Waals surface area contributed by atoms with E-state index in [1.807, 2.05) is 11.8 Å². The average molecular weight is 284 g/mol. The Hall–Kier alpha value is -1.05. The molecule has 1 saturated heterocycles. The number of nitrogens with one attached hydrogen (secondary N) is 1. The minimum absolute atomic E-state index is 0.282. The van der Waals surface area contributed by atoms with Crippen molar-refractivity contribution < 1.29 is 9.90 Å². The van der Waals surface area contributed by atoms with Crippen molar-refractivity contribution in [3.8, 4) is 0 Å². The van der Waals surface area contributed by atoms with Crippen LogP contribution in [0.2, 0.25) is 0 Å². The summed E-state index contributed by atoms with van der Waals surface area (Å²) in [6.07, 6.45) is 1.40. The lowest BCUT2D eigenvalue weighted by molar-refractivity contribution is 0.0695. The minimum atomic E-state index is -0.919. The highest BCUT2D eigenvalue weighted by Crippen LogP contribution is 2.09. The van der Waals surface area contributed by atoms with Gasteiger partial charge in [-0.05, 0) is 0 Å². The zero-order valence-corrected chi connectivity index (χ0v) is 11.9. The smallest absolute Gasteiger partial charge is 0.339 e. The second-order valence-corrected chi connectivity index (χ2v) is 5.79. The molecule has 6 nitrogen and oxygen atoms in total. The van der Waals surface area contributed by atoms with Gasteiger partial charge in [0.1, 0.15) is 5.56 Å². The molecule has 1 aromatic heterocycles. The Balaban J connectivity index is 1.76. The lowest BCUT2D eigenvalue weighted by Gasteiger charge is -2.26. The summed E-state index contributed by atoms with van der Waals surface area (Å²) in [6.45, 7) is 4.73. The maximum absolute atomic E-state index is 11.0. The number of aromatic carboxylic acids is 1. The molecule has 1 aliphatic rings. The predicted molar refractivity (Wildman–Crippen MR) is 75.6 cm³/mol. The van der Waals surface area contributed by atoms with Crippen molar-refractivity contribution >= 4 is 17.7 Å². The van der Waals surface area contributed by atoms with Gasteiger partial charge in [0, 0.05) is 51.3 Å². The third-order valence-electron chi connectivity index (χ3n) is 3.29. The summed E-state index contributed by atoms with van der Waals surface area (Å²) in [5, 5.41) is 16.3. The van der Waals surface area contributed by atoms with Gasteiger partial charge in [-0.15, -0.1) is 0 Å². The van der Waals surface area contributed by atoms with Crippen molar-refractivity contribution in [2.75, 3.05) is 37.7 Å². The van der Waals surface area contributed by atoms with E-state index in [1.165, 1.54) is 17.7 Å². The molecule has 7 heteroatoms. The summed E-state index contributed by atoms with van der Waals surface area (Å²) in [5.74, 6) is 1.51. The first-order chi connectivity index (χ1) is 9.18. The Kier molecular flexibility index (Phi) is 5.24. The van der Waals surface area contributed by atoms with E-state index >= 15 is 0 Å². The molecule has 1 aliphatic heterocycles. The molecule has 0 bridgehead atoms. The zero-order valence-electron chi connectivity index (χ0n) is 11.1. The van der Waals surface area contributed by atoms with Crippen LogP contribution in [0.1, 0.15) is 16.1 Å². The first kappa shape index (κ1) is 14.4. The molecule has 2 heterocycles. The predicted octanol–water partition coefficient (Wildman–Crippen LogP) is 0.257. The highest BCUT2D eigenvalue weighted by molar-refractivity contribution is 7.99. The van der Waals surface area contributed by atoms with Gasteiger partial charge in [0.2, 0.25) is 0 Å². The van der Waals surface area contributed by atoms with Crippen molar-refractivity contribution in [1.29, 1.82) is 0 Å². The number of rotatable bonds is 6. The Morgan fingerprint density at radius 1 is 1.53 bits per heavy atom. The molecule has 0 amide bonds. The normalized spacial score (nSPS) is 16.7. The van der Waals surface area contributed by atoms with Crippen LogP contribution < -0.4 is 5.32 Å². The maximum Gasteiger partial charge on any atom is 0.339 e. The van der Waals surface area contributed by atoms with Crippen LogP contribution in [-0.2, 0) is 13.6 Å². The summed E-state index contributed by atoms with van der Waals surface area (Å²) in [5.41, 5.74) is 1.01. The Morgan fingerprint density at radius 2 is 2.26 bits per heavy atom. The van der Waals surface area contributed by atoms with Gasteiger partial charge in [0.05, 0.1) is 11.9 Å². The van der Waals surface area contributed by atoms with E-state index in [0.717, 1.165) is 31.9 Å². The lowest BCUT2D eigenvalue weighted by Crippen LogP contribution is -2.37. The number of aryl methyl sites for hydroxylation is 1. The van der Waals surface area contributed by atoms with E-state index in [9.17, 15) is 4.79 Å². The molecule has 2 N–H and O–H groups in total. The van der Waals surface area contributed by atoms with Gasteiger partial charge >= 0.3 is 5.97 Å². The first-order valence-electron chi connectivity index (χ1n) is 6.43. The number of hydrogen-bond donors (Lipinski definition) is 2. The summed E-state index contributed by atoms with van der Waals surface area (Å²) in [7, 11) is 1.77. The molecule has 106 valence electrons. The number of nitrogens with zero attached hydrogens (tertiary/aromatic N) is 3. The highest BCUT2D eigenvalue weighted by atomic mass is 32.2. The molecule has 0 aromatic carbocycles. The minimum Gasteiger partial charge on any atom is -0.478 e. The third-order valence-corrected chi connectivity index (χ3v) is 4.24. The van der Waals surface area contributed by atoms with Crippen LogP contribution >= 0.6 is 11.8 Å². The molecular formula is C12H20N4O2S. The first-order valence-corrected chi connectivity index (χ1v) is 7.59. The van der Waals surface area contributed by atoms with Gasteiger partial charge in [-0.3, -0.25) is 4.68 Å². The quantitative estimate of drug-likeness (QED) is 0.730. The monoisotopic (exact) mass is 284 g/mol. The Morgan fingerprint density at radius 3 is 2.95 bits per heavy atom. The topological polar surface area (TPSA) is 70.4 Å². The molecule has 2 rings (SSSR count). The van der Waals surface area contributed by atoms with Gasteiger partial charge in [0.15, 0.2) is 0 Å². The summed E-state index contributed by atoms with van der Waals surface area (Å²) in [6, 6.07) is 0. The Bertz CT molecular complexity index is 429. The average Bonchev–Trinajstić information content (AvgIpc) is 2.77. The van der Waals surface area contributed by atoms with Gasteiger partial charge < -0.3 is 15.3 Å². The van der Waals surface area contributed by atoms with Crippen molar-refractivity contribution in [2.45, 2.75) is 6.54 Å². The van der Waals surface area contributed by atoms with E-state index in [0.29, 0.717) is 6.54 Å². The molecule has 0 aliphatic carbocycles. The number of carbonyl (C=O) groups is 1. The molecule has 1 fully saturated rings.